The lowest BCUT2D eigenvalue weighted by Crippen LogP contribution is -2.04. The van der Waals surface area contributed by atoms with Gasteiger partial charge in [-0.2, -0.15) is 0 Å². The molecule has 0 saturated carbocycles. The van der Waals surface area contributed by atoms with Crippen LogP contribution < -0.4 is 10.5 Å². The molecule has 148 valence electrons. The SMILES string of the molecule is CCn1c(-c2nonc2N)nc2cnc(Oc3cccc(CC(=O)OC)c3)cc21. The topological polar surface area (TPSA) is 131 Å². The Morgan fingerprint density at radius 2 is 2.14 bits per heavy atom. The van der Waals surface area contributed by atoms with Crippen molar-refractivity contribution >= 4 is 22.8 Å². The summed E-state index contributed by atoms with van der Waals surface area (Å²) in [7, 11) is 1.36. The van der Waals surface area contributed by atoms with Gasteiger partial charge in [-0.1, -0.05) is 12.1 Å². The maximum Gasteiger partial charge on any atom is 0.309 e. The van der Waals surface area contributed by atoms with E-state index in [-0.39, 0.29) is 18.2 Å². The number of esters is 1. The first-order valence-electron chi connectivity index (χ1n) is 8.87. The third-order valence-electron chi connectivity index (χ3n) is 4.35. The number of nitrogen functional groups attached to an aromatic ring is 1. The largest absolute Gasteiger partial charge is 0.469 e. The molecule has 10 nitrogen and oxygen atoms in total. The van der Waals surface area contributed by atoms with Crippen LogP contribution in [0.15, 0.2) is 41.2 Å². The molecule has 10 heteroatoms. The molecule has 0 spiro atoms. The molecule has 1 aromatic carbocycles. The molecule has 0 amide bonds. The zero-order valence-electron chi connectivity index (χ0n) is 15.8. The summed E-state index contributed by atoms with van der Waals surface area (Å²) in [4.78, 5) is 20.3. The minimum atomic E-state index is -0.317. The third kappa shape index (κ3) is 3.59. The van der Waals surface area contributed by atoms with Gasteiger partial charge in [0, 0.05) is 12.6 Å². The first-order valence-corrected chi connectivity index (χ1v) is 8.87. The molecule has 3 heterocycles. The molecular weight excluding hydrogens is 376 g/mol. The monoisotopic (exact) mass is 394 g/mol. The molecule has 0 atom stereocenters. The number of hydrogen-bond acceptors (Lipinski definition) is 9. The van der Waals surface area contributed by atoms with Gasteiger partial charge in [-0.25, -0.2) is 14.6 Å². The van der Waals surface area contributed by atoms with E-state index >= 15 is 0 Å². The van der Waals surface area contributed by atoms with Gasteiger partial charge in [-0.3, -0.25) is 4.79 Å². The molecule has 0 aliphatic heterocycles. The zero-order chi connectivity index (χ0) is 20.4. The summed E-state index contributed by atoms with van der Waals surface area (Å²) in [5.41, 5.74) is 8.44. The second-order valence-corrected chi connectivity index (χ2v) is 6.19. The van der Waals surface area contributed by atoms with Crippen LogP contribution in [0.2, 0.25) is 0 Å². The molecular formula is C19H18N6O4. The van der Waals surface area contributed by atoms with Crippen LogP contribution >= 0.6 is 0 Å². The van der Waals surface area contributed by atoms with Gasteiger partial charge in [0.05, 0.1) is 25.2 Å². The summed E-state index contributed by atoms with van der Waals surface area (Å²) < 4.78 is 17.2. The highest BCUT2D eigenvalue weighted by molar-refractivity contribution is 5.81. The van der Waals surface area contributed by atoms with Crippen molar-refractivity contribution < 1.29 is 18.9 Å². The van der Waals surface area contributed by atoms with E-state index in [0.29, 0.717) is 35.2 Å². The Balaban J connectivity index is 1.67. The molecule has 29 heavy (non-hydrogen) atoms. The maximum atomic E-state index is 11.5. The number of nitrogens with zero attached hydrogens (tertiary/aromatic N) is 5. The normalized spacial score (nSPS) is 11.0. The van der Waals surface area contributed by atoms with E-state index < -0.39 is 0 Å². The highest BCUT2D eigenvalue weighted by Gasteiger charge is 2.19. The number of carbonyl (C=O) groups is 1. The van der Waals surface area contributed by atoms with Crippen molar-refractivity contribution in [3.05, 3.63) is 42.1 Å². The Morgan fingerprint density at radius 1 is 1.28 bits per heavy atom. The minimum absolute atomic E-state index is 0.166. The number of pyridine rings is 1. The van der Waals surface area contributed by atoms with Gasteiger partial charge in [0.15, 0.2) is 17.3 Å². The molecule has 0 bridgehead atoms. The van der Waals surface area contributed by atoms with Crippen LogP contribution in [0, 0.1) is 0 Å². The molecule has 4 aromatic rings. The number of imidazole rings is 1. The third-order valence-corrected chi connectivity index (χ3v) is 4.35. The number of ether oxygens (including phenoxy) is 2. The number of aryl methyl sites for hydroxylation is 1. The second-order valence-electron chi connectivity index (χ2n) is 6.19. The number of carbonyl (C=O) groups excluding carboxylic acids is 1. The quantitative estimate of drug-likeness (QED) is 0.490. The van der Waals surface area contributed by atoms with E-state index in [1.807, 2.05) is 17.6 Å². The summed E-state index contributed by atoms with van der Waals surface area (Å²) >= 11 is 0. The Labute approximate surface area is 165 Å². The summed E-state index contributed by atoms with van der Waals surface area (Å²) in [6.07, 6.45) is 1.78. The van der Waals surface area contributed by atoms with Crippen LogP contribution in [0.4, 0.5) is 5.82 Å². The maximum absolute atomic E-state index is 11.5. The van der Waals surface area contributed by atoms with Crippen molar-refractivity contribution in [2.75, 3.05) is 12.8 Å². The predicted octanol–water partition coefficient (Wildman–Crippen LogP) is 2.59. The molecule has 3 aromatic heterocycles. The van der Waals surface area contributed by atoms with Crippen molar-refractivity contribution in [3.8, 4) is 23.1 Å². The highest BCUT2D eigenvalue weighted by atomic mass is 16.6. The Hall–Kier alpha value is -3.95. The van der Waals surface area contributed by atoms with E-state index in [1.165, 1.54) is 7.11 Å². The molecule has 0 aliphatic carbocycles. The Kier molecular flexibility index (Phi) is 4.82. The lowest BCUT2D eigenvalue weighted by Gasteiger charge is -2.08. The van der Waals surface area contributed by atoms with E-state index in [0.717, 1.165) is 11.1 Å². The number of hydrogen-bond donors (Lipinski definition) is 1. The van der Waals surface area contributed by atoms with Crippen molar-refractivity contribution in [2.24, 2.45) is 0 Å². The average molecular weight is 394 g/mol. The van der Waals surface area contributed by atoms with Crippen LogP contribution in [0.1, 0.15) is 12.5 Å². The smallest absolute Gasteiger partial charge is 0.309 e. The van der Waals surface area contributed by atoms with Gasteiger partial charge in [-0.05, 0) is 34.9 Å². The molecule has 4 rings (SSSR count). The van der Waals surface area contributed by atoms with E-state index in [4.69, 9.17) is 19.8 Å². The fraction of sp³-hybridized carbons (Fsp3) is 0.211. The van der Waals surface area contributed by atoms with Crippen molar-refractivity contribution in [2.45, 2.75) is 19.9 Å². The first-order chi connectivity index (χ1) is 14.1. The van der Waals surface area contributed by atoms with Crippen LogP contribution in [0.25, 0.3) is 22.6 Å². The Bertz CT molecular complexity index is 1180. The number of rotatable bonds is 6. The van der Waals surface area contributed by atoms with E-state index in [1.54, 1.807) is 30.5 Å². The van der Waals surface area contributed by atoms with Gasteiger partial charge in [0.2, 0.25) is 5.88 Å². The minimum Gasteiger partial charge on any atom is -0.469 e. The van der Waals surface area contributed by atoms with E-state index in [2.05, 4.69) is 20.3 Å². The number of fused-ring (bicyclic) bond motifs is 1. The van der Waals surface area contributed by atoms with E-state index in [9.17, 15) is 4.79 Å². The number of anilines is 1. The number of aromatic nitrogens is 5. The number of benzene rings is 1. The standard InChI is InChI=1S/C19H18N6O4/c1-3-25-14-9-15(28-12-6-4-5-11(7-12)8-16(26)27-2)21-10-13(14)22-19(25)17-18(20)24-29-23-17/h4-7,9-10H,3,8H2,1-2H3,(H2,20,24). The Morgan fingerprint density at radius 3 is 2.86 bits per heavy atom. The fourth-order valence-corrected chi connectivity index (χ4v) is 3.00. The van der Waals surface area contributed by atoms with Gasteiger partial charge < -0.3 is 19.8 Å². The summed E-state index contributed by atoms with van der Waals surface area (Å²) in [6.45, 7) is 2.60. The van der Waals surface area contributed by atoms with Gasteiger partial charge in [0.1, 0.15) is 11.3 Å². The van der Waals surface area contributed by atoms with Crippen LogP contribution in [-0.4, -0.2) is 37.9 Å². The molecule has 0 aliphatic rings. The van der Waals surface area contributed by atoms with Crippen molar-refractivity contribution in [3.63, 3.8) is 0 Å². The zero-order valence-corrected chi connectivity index (χ0v) is 15.8. The number of nitrogens with two attached hydrogens (primary N) is 1. The first kappa shape index (κ1) is 18.4. The fourth-order valence-electron chi connectivity index (χ4n) is 3.00. The lowest BCUT2D eigenvalue weighted by atomic mass is 10.1. The molecule has 0 fully saturated rings. The molecule has 0 saturated heterocycles. The molecule has 0 unspecified atom stereocenters. The molecule has 2 N–H and O–H groups in total. The predicted molar refractivity (Wildman–Crippen MR) is 103 cm³/mol. The van der Waals surface area contributed by atoms with Gasteiger partial charge >= 0.3 is 5.97 Å². The second kappa shape index (κ2) is 7.58. The van der Waals surface area contributed by atoms with Crippen LogP contribution in [-0.2, 0) is 22.5 Å². The highest BCUT2D eigenvalue weighted by Crippen LogP contribution is 2.29. The summed E-state index contributed by atoms with van der Waals surface area (Å²) in [5.74, 6) is 1.34. The van der Waals surface area contributed by atoms with Crippen LogP contribution in [0.5, 0.6) is 11.6 Å². The average Bonchev–Trinajstić information content (AvgIpc) is 3.30. The van der Waals surface area contributed by atoms with Gasteiger partial charge in [0.25, 0.3) is 0 Å². The number of methoxy groups -OCH3 is 1. The van der Waals surface area contributed by atoms with Crippen molar-refractivity contribution in [1.29, 1.82) is 0 Å². The van der Waals surface area contributed by atoms with Gasteiger partial charge in [-0.15, -0.1) is 0 Å². The molecule has 0 radical (unpaired) electrons. The summed E-state index contributed by atoms with van der Waals surface area (Å²) in [6, 6.07) is 8.98. The summed E-state index contributed by atoms with van der Waals surface area (Å²) in [5, 5.41) is 7.45. The lowest BCUT2D eigenvalue weighted by molar-refractivity contribution is -0.139. The van der Waals surface area contributed by atoms with Crippen LogP contribution in [0.3, 0.4) is 0 Å². The van der Waals surface area contributed by atoms with Crippen molar-refractivity contribution in [1.82, 2.24) is 24.8 Å².